The Morgan fingerprint density at radius 3 is 2.80 bits per heavy atom. The van der Waals surface area contributed by atoms with Gasteiger partial charge < -0.3 is 10.2 Å². The van der Waals surface area contributed by atoms with E-state index in [4.69, 9.17) is 12.2 Å². The molecular weight excluding hydrogens is 226 g/mol. The van der Waals surface area contributed by atoms with E-state index in [1.165, 1.54) is 0 Å². The second-order valence-corrected chi connectivity index (χ2v) is 5.27. The summed E-state index contributed by atoms with van der Waals surface area (Å²) in [5.41, 5.74) is 1.08. The molecule has 0 saturated heterocycles. The number of thiazole rings is 1. The zero-order valence-electron chi connectivity index (χ0n) is 9.57. The van der Waals surface area contributed by atoms with E-state index >= 15 is 0 Å². The molecule has 0 radical (unpaired) electrons. The van der Waals surface area contributed by atoms with Gasteiger partial charge in [-0.1, -0.05) is 0 Å². The van der Waals surface area contributed by atoms with Crippen molar-refractivity contribution in [1.82, 2.24) is 15.2 Å². The third-order valence-electron chi connectivity index (χ3n) is 1.82. The van der Waals surface area contributed by atoms with Crippen LogP contribution in [0.25, 0.3) is 0 Å². The highest BCUT2D eigenvalue weighted by atomic mass is 32.1. The van der Waals surface area contributed by atoms with Crippen molar-refractivity contribution < 1.29 is 0 Å². The van der Waals surface area contributed by atoms with Gasteiger partial charge in [-0.15, -0.1) is 11.3 Å². The van der Waals surface area contributed by atoms with E-state index in [1.54, 1.807) is 11.3 Å². The van der Waals surface area contributed by atoms with Crippen LogP contribution in [0.3, 0.4) is 0 Å². The van der Waals surface area contributed by atoms with E-state index in [9.17, 15) is 0 Å². The zero-order valence-corrected chi connectivity index (χ0v) is 11.2. The summed E-state index contributed by atoms with van der Waals surface area (Å²) in [6.07, 6.45) is 0. The van der Waals surface area contributed by atoms with Crippen LogP contribution in [0.1, 0.15) is 24.5 Å². The van der Waals surface area contributed by atoms with Crippen molar-refractivity contribution in [3.05, 3.63) is 16.1 Å². The molecule has 15 heavy (non-hydrogen) atoms. The van der Waals surface area contributed by atoms with E-state index in [1.807, 2.05) is 18.9 Å². The number of hydrogen-bond donors (Lipinski definition) is 1. The average molecular weight is 243 g/mol. The molecule has 0 amide bonds. The van der Waals surface area contributed by atoms with Gasteiger partial charge in [-0.05, 0) is 33.0 Å². The van der Waals surface area contributed by atoms with E-state index in [0.717, 1.165) is 22.4 Å². The molecule has 0 spiro atoms. The van der Waals surface area contributed by atoms with Gasteiger partial charge in [-0.25, -0.2) is 4.98 Å². The van der Waals surface area contributed by atoms with Crippen LogP contribution in [0.4, 0.5) is 0 Å². The van der Waals surface area contributed by atoms with Gasteiger partial charge >= 0.3 is 0 Å². The lowest BCUT2D eigenvalue weighted by Gasteiger charge is -2.21. The number of aromatic nitrogens is 1. The minimum Gasteiger partial charge on any atom is -0.360 e. The number of thiocarbonyl (C=S) groups is 1. The Hall–Kier alpha value is -0.680. The third-order valence-corrected chi connectivity index (χ3v) is 3.08. The van der Waals surface area contributed by atoms with Gasteiger partial charge in [0.25, 0.3) is 0 Å². The average Bonchev–Trinajstić information content (AvgIpc) is 2.50. The minimum absolute atomic E-state index is 0.372. The Labute approximate surface area is 101 Å². The van der Waals surface area contributed by atoms with Crippen LogP contribution in [0, 0.1) is 6.92 Å². The fourth-order valence-corrected chi connectivity index (χ4v) is 2.06. The SMILES string of the molecule is Cc1nc(CN(C)C(=S)NC(C)C)cs1. The molecule has 1 aromatic heterocycles. The third kappa shape index (κ3) is 4.13. The van der Waals surface area contributed by atoms with Crippen LogP contribution in [0.5, 0.6) is 0 Å². The van der Waals surface area contributed by atoms with Gasteiger partial charge in [0.05, 0.1) is 17.2 Å². The van der Waals surface area contributed by atoms with Crippen molar-refractivity contribution in [3.8, 4) is 0 Å². The summed E-state index contributed by atoms with van der Waals surface area (Å²) in [5.74, 6) is 0. The van der Waals surface area contributed by atoms with Crippen molar-refractivity contribution in [1.29, 1.82) is 0 Å². The van der Waals surface area contributed by atoms with E-state index in [2.05, 4.69) is 29.5 Å². The molecule has 1 aromatic rings. The largest absolute Gasteiger partial charge is 0.360 e. The first-order valence-electron chi connectivity index (χ1n) is 4.91. The number of nitrogens with zero attached hydrogens (tertiary/aromatic N) is 2. The molecular formula is C10H17N3S2. The van der Waals surface area contributed by atoms with Crippen LogP contribution >= 0.6 is 23.6 Å². The first kappa shape index (κ1) is 12.4. The summed E-state index contributed by atoms with van der Waals surface area (Å²) in [4.78, 5) is 6.41. The molecule has 0 unspecified atom stereocenters. The van der Waals surface area contributed by atoms with Crippen molar-refractivity contribution in [2.24, 2.45) is 0 Å². The first-order valence-corrected chi connectivity index (χ1v) is 6.20. The molecule has 5 heteroatoms. The molecule has 3 nitrogen and oxygen atoms in total. The second kappa shape index (κ2) is 5.42. The molecule has 0 aliphatic carbocycles. The maximum Gasteiger partial charge on any atom is 0.169 e. The molecule has 0 fully saturated rings. The van der Waals surface area contributed by atoms with Crippen LogP contribution in [-0.2, 0) is 6.54 Å². The Morgan fingerprint density at radius 1 is 1.67 bits per heavy atom. The number of nitrogens with one attached hydrogen (secondary N) is 1. The summed E-state index contributed by atoms with van der Waals surface area (Å²) < 4.78 is 0. The highest BCUT2D eigenvalue weighted by Gasteiger charge is 2.07. The van der Waals surface area contributed by atoms with E-state index in [0.29, 0.717) is 6.04 Å². The fraction of sp³-hybridized carbons (Fsp3) is 0.600. The highest BCUT2D eigenvalue weighted by molar-refractivity contribution is 7.80. The Kier molecular flexibility index (Phi) is 4.47. The quantitative estimate of drug-likeness (QED) is 0.824. The van der Waals surface area contributed by atoms with Crippen LogP contribution in [0.15, 0.2) is 5.38 Å². The second-order valence-electron chi connectivity index (χ2n) is 3.82. The highest BCUT2D eigenvalue weighted by Crippen LogP contribution is 2.09. The number of aryl methyl sites for hydroxylation is 1. The molecule has 0 aromatic carbocycles. The van der Waals surface area contributed by atoms with Gasteiger partial charge in [0, 0.05) is 18.5 Å². The van der Waals surface area contributed by atoms with Crippen LogP contribution in [0.2, 0.25) is 0 Å². The van der Waals surface area contributed by atoms with Crippen molar-refractivity contribution >= 4 is 28.7 Å². The predicted octanol–water partition coefficient (Wildman–Crippen LogP) is 2.17. The normalized spacial score (nSPS) is 10.5. The van der Waals surface area contributed by atoms with Gasteiger partial charge in [-0.3, -0.25) is 0 Å². The molecule has 84 valence electrons. The molecule has 1 heterocycles. The minimum atomic E-state index is 0.372. The van der Waals surface area contributed by atoms with Gasteiger partial charge in [-0.2, -0.15) is 0 Å². The molecule has 1 N–H and O–H groups in total. The Bertz CT molecular complexity index is 333. The lowest BCUT2D eigenvalue weighted by molar-refractivity contribution is 0.475. The smallest absolute Gasteiger partial charge is 0.169 e. The molecule has 0 bridgehead atoms. The summed E-state index contributed by atoms with van der Waals surface area (Å²) in [7, 11) is 1.98. The zero-order chi connectivity index (χ0) is 11.4. The molecule has 0 atom stereocenters. The predicted molar refractivity (Wildman–Crippen MR) is 69.2 cm³/mol. The maximum absolute atomic E-state index is 5.25. The monoisotopic (exact) mass is 243 g/mol. The summed E-state index contributed by atoms with van der Waals surface area (Å²) in [5, 5.41) is 7.15. The van der Waals surface area contributed by atoms with Crippen molar-refractivity contribution in [2.45, 2.75) is 33.4 Å². The molecule has 0 aliphatic rings. The lowest BCUT2D eigenvalue weighted by Crippen LogP contribution is -2.40. The van der Waals surface area contributed by atoms with Crippen molar-refractivity contribution in [2.75, 3.05) is 7.05 Å². The van der Waals surface area contributed by atoms with Gasteiger partial charge in [0.15, 0.2) is 5.11 Å². The number of rotatable bonds is 3. The molecule has 1 rings (SSSR count). The maximum atomic E-state index is 5.25. The molecule has 0 aliphatic heterocycles. The standard InChI is InChI=1S/C10H17N3S2/c1-7(2)11-10(14)13(4)5-9-6-15-8(3)12-9/h6-7H,5H2,1-4H3,(H,11,14). The summed E-state index contributed by atoms with van der Waals surface area (Å²) in [6, 6.07) is 0.372. The van der Waals surface area contributed by atoms with Crippen LogP contribution < -0.4 is 5.32 Å². The molecule has 0 saturated carbocycles. The van der Waals surface area contributed by atoms with Crippen molar-refractivity contribution in [3.63, 3.8) is 0 Å². The van der Waals surface area contributed by atoms with E-state index in [-0.39, 0.29) is 0 Å². The Morgan fingerprint density at radius 2 is 2.33 bits per heavy atom. The topological polar surface area (TPSA) is 28.2 Å². The Balaban J connectivity index is 2.48. The lowest BCUT2D eigenvalue weighted by atomic mass is 10.4. The van der Waals surface area contributed by atoms with Gasteiger partial charge in [0.2, 0.25) is 0 Å². The van der Waals surface area contributed by atoms with Gasteiger partial charge in [0.1, 0.15) is 0 Å². The number of hydrogen-bond acceptors (Lipinski definition) is 3. The van der Waals surface area contributed by atoms with E-state index < -0.39 is 0 Å². The first-order chi connectivity index (χ1) is 6.99. The fourth-order valence-electron chi connectivity index (χ4n) is 1.15. The van der Waals surface area contributed by atoms with Crippen LogP contribution in [-0.4, -0.2) is 28.1 Å². The summed E-state index contributed by atoms with van der Waals surface area (Å²) >= 11 is 6.92. The summed E-state index contributed by atoms with van der Waals surface area (Å²) in [6.45, 7) is 6.93.